The molecule has 0 spiro atoms. The Morgan fingerprint density at radius 2 is 1.82 bits per heavy atom. The van der Waals surface area contributed by atoms with E-state index < -0.39 is 74.5 Å². The zero-order valence-corrected chi connectivity index (χ0v) is 19.8. The van der Waals surface area contributed by atoms with Crippen molar-refractivity contribution in [1.82, 2.24) is 5.32 Å². The van der Waals surface area contributed by atoms with Gasteiger partial charge >= 0.3 is 0 Å². The van der Waals surface area contributed by atoms with Gasteiger partial charge in [0.2, 0.25) is 5.91 Å². The van der Waals surface area contributed by atoms with Gasteiger partial charge in [0.05, 0.1) is 34.5 Å². The first-order valence-electron chi connectivity index (χ1n) is 9.93. The minimum Gasteiger partial charge on any atom is -0.349 e. The summed E-state index contributed by atoms with van der Waals surface area (Å²) < 4.78 is 66.6. The number of amides is 2. The molecular formula is C21H20Cl2F3N3O4S. The molecule has 2 aliphatic rings. The van der Waals surface area contributed by atoms with E-state index in [1.807, 2.05) is 0 Å². The molecule has 34 heavy (non-hydrogen) atoms. The second-order valence-corrected chi connectivity index (χ2v) is 10.6. The lowest BCUT2D eigenvalue weighted by atomic mass is 9.88. The Labute approximate surface area is 204 Å². The van der Waals surface area contributed by atoms with Crippen molar-refractivity contribution in [3.05, 3.63) is 58.4 Å². The summed E-state index contributed by atoms with van der Waals surface area (Å²) in [4.78, 5) is 26.1. The standard InChI is InChI=1S/C21H19ClF3N3O4S.ClH/c22-12-3-1-11(2-4-12)9-28-17-5-14(19(29)27-13-7-21(24,25)8-13)15(23)6-18(17)33(31,32)10-16(26)20(28)30;/h1-6,13,16H,7-10,26H2,(H,27,29);1H/t16-;/m0./s1. The molecule has 1 fully saturated rings. The lowest BCUT2D eigenvalue weighted by molar-refractivity contribution is -0.119. The molecule has 0 radical (unpaired) electrons. The van der Waals surface area contributed by atoms with Gasteiger partial charge in [-0.2, -0.15) is 0 Å². The number of hydrogen-bond donors (Lipinski definition) is 2. The Hall–Kier alpha value is -2.34. The average Bonchev–Trinajstić information content (AvgIpc) is 2.76. The first-order chi connectivity index (χ1) is 15.4. The average molecular weight is 538 g/mol. The maximum absolute atomic E-state index is 14.8. The van der Waals surface area contributed by atoms with E-state index in [0.29, 0.717) is 16.7 Å². The van der Waals surface area contributed by atoms with Gasteiger partial charge in [0, 0.05) is 23.9 Å². The number of nitrogens with one attached hydrogen (secondary N) is 1. The molecule has 1 heterocycles. The Morgan fingerprint density at radius 3 is 2.41 bits per heavy atom. The van der Waals surface area contributed by atoms with Crippen LogP contribution in [0.4, 0.5) is 18.9 Å². The molecule has 1 atom stereocenters. The first kappa shape index (κ1) is 26.3. The highest BCUT2D eigenvalue weighted by Crippen LogP contribution is 2.38. The van der Waals surface area contributed by atoms with Crippen molar-refractivity contribution in [2.45, 2.75) is 42.3 Å². The summed E-state index contributed by atoms with van der Waals surface area (Å²) >= 11 is 5.89. The minimum absolute atomic E-state index is 0. The number of benzene rings is 2. The van der Waals surface area contributed by atoms with Crippen LogP contribution in [0.2, 0.25) is 5.02 Å². The van der Waals surface area contributed by atoms with E-state index in [4.69, 9.17) is 17.3 Å². The van der Waals surface area contributed by atoms with Crippen LogP contribution >= 0.6 is 24.0 Å². The molecule has 0 saturated heterocycles. The summed E-state index contributed by atoms with van der Waals surface area (Å²) in [7, 11) is -4.17. The number of nitrogens with zero attached hydrogens (tertiary/aromatic N) is 1. The van der Waals surface area contributed by atoms with Crippen molar-refractivity contribution in [1.29, 1.82) is 0 Å². The van der Waals surface area contributed by atoms with Crippen molar-refractivity contribution in [2.75, 3.05) is 10.7 Å². The van der Waals surface area contributed by atoms with Crippen molar-refractivity contribution >= 4 is 51.3 Å². The summed E-state index contributed by atoms with van der Waals surface area (Å²) in [5.41, 5.74) is 5.62. The summed E-state index contributed by atoms with van der Waals surface area (Å²) in [6, 6.07) is 5.75. The lowest BCUT2D eigenvalue weighted by Crippen LogP contribution is -2.50. The van der Waals surface area contributed by atoms with Crippen molar-refractivity contribution in [2.24, 2.45) is 5.73 Å². The van der Waals surface area contributed by atoms with Gasteiger partial charge in [-0.1, -0.05) is 23.7 Å². The van der Waals surface area contributed by atoms with Gasteiger partial charge in [0.25, 0.3) is 11.8 Å². The molecule has 0 unspecified atom stereocenters. The molecule has 1 aliphatic carbocycles. The lowest BCUT2D eigenvalue weighted by Gasteiger charge is -2.35. The van der Waals surface area contributed by atoms with E-state index in [0.717, 1.165) is 11.0 Å². The molecule has 2 amide bonds. The van der Waals surface area contributed by atoms with E-state index in [1.54, 1.807) is 24.3 Å². The fraction of sp³-hybridized carbons (Fsp3) is 0.333. The van der Waals surface area contributed by atoms with Gasteiger partial charge in [-0.05, 0) is 29.8 Å². The number of anilines is 1. The predicted molar refractivity (Wildman–Crippen MR) is 122 cm³/mol. The highest BCUT2D eigenvalue weighted by Gasteiger charge is 2.46. The van der Waals surface area contributed by atoms with Crippen molar-refractivity contribution in [3.8, 4) is 0 Å². The van der Waals surface area contributed by atoms with Crippen LogP contribution in [0.3, 0.4) is 0 Å². The molecule has 2 aromatic carbocycles. The molecule has 13 heteroatoms. The van der Waals surface area contributed by atoms with Crippen LogP contribution in [-0.4, -0.2) is 44.0 Å². The number of rotatable bonds is 4. The third-order valence-electron chi connectivity index (χ3n) is 5.58. The zero-order chi connectivity index (χ0) is 24.1. The Morgan fingerprint density at radius 1 is 1.21 bits per heavy atom. The molecular weight excluding hydrogens is 518 g/mol. The second-order valence-electron chi connectivity index (χ2n) is 8.17. The van der Waals surface area contributed by atoms with Crippen LogP contribution in [0.1, 0.15) is 28.8 Å². The molecule has 7 nitrogen and oxygen atoms in total. The maximum atomic E-state index is 14.8. The van der Waals surface area contributed by atoms with Gasteiger partial charge in [-0.25, -0.2) is 21.6 Å². The number of sulfone groups is 1. The van der Waals surface area contributed by atoms with Crippen LogP contribution in [0.15, 0.2) is 41.3 Å². The van der Waals surface area contributed by atoms with E-state index in [-0.39, 0.29) is 24.6 Å². The quantitative estimate of drug-likeness (QED) is 0.622. The first-order valence-corrected chi connectivity index (χ1v) is 12.0. The number of fused-ring (bicyclic) bond motifs is 1. The molecule has 2 aromatic rings. The predicted octanol–water partition coefficient (Wildman–Crippen LogP) is 3.08. The molecule has 184 valence electrons. The molecule has 1 aliphatic heterocycles. The third kappa shape index (κ3) is 5.17. The molecule has 0 bridgehead atoms. The third-order valence-corrected chi connectivity index (χ3v) is 7.63. The summed E-state index contributed by atoms with van der Waals surface area (Å²) in [6.07, 6.45) is -1.15. The van der Waals surface area contributed by atoms with Gasteiger partial charge < -0.3 is 16.0 Å². The van der Waals surface area contributed by atoms with E-state index in [9.17, 15) is 31.2 Å². The summed E-state index contributed by atoms with van der Waals surface area (Å²) in [6.45, 7) is -0.117. The van der Waals surface area contributed by atoms with E-state index in [1.165, 1.54) is 0 Å². The fourth-order valence-corrected chi connectivity index (χ4v) is 5.55. The number of carbonyl (C=O) groups excluding carboxylic acids is 2. The van der Waals surface area contributed by atoms with E-state index >= 15 is 0 Å². The highest BCUT2D eigenvalue weighted by atomic mass is 35.5. The Balaban J connectivity index is 0.00000324. The SMILES string of the molecule is Cl.N[C@H]1CS(=O)(=O)c2cc(F)c(C(=O)NC3CC(F)(F)C3)cc2N(Cc2ccc(Cl)cc2)C1=O. The fourth-order valence-electron chi connectivity index (χ4n) is 3.86. The van der Waals surface area contributed by atoms with Gasteiger partial charge in [-0.15, -0.1) is 12.4 Å². The van der Waals surface area contributed by atoms with Crippen LogP contribution in [-0.2, 0) is 21.2 Å². The highest BCUT2D eigenvalue weighted by molar-refractivity contribution is 7.91. The number of carbonyl (C=O) groups is 2. The van der Waals surface area contributed by atoms with Gasteiger partial charge in [-0.3, -0.25) is 9.59 Å². The van der Waals surface area contributed by atoms with Crippen LogP contribution < -0.4 is 16.0 Å². The number of hydrogen-bond acceptors (Lipinski definition) is 5. The molecule has 4 rings (SSSR count). The van der Waals surface area contributed by atoms with E-state index in [2.05, 4.69) is 5.32 Å². The number of alkyl halides is 2. The summed E-state index contributed by atoms with van der Waals surface area (Å²) in [5, 5.41) is 2.76. The Bertz CT molecular complexity index is 1230. The maximum Gasteiger partial charge on any atom is 0.254 e. The molecule has 0 aromatic heterocycles. The molecule has 3 N–H and O–H groups in total. The van der Waals surface area contributed by atoms with Gasteiger partial charge in [0.1, 0.15) is 5.82 Å². The van der Waals surface area contributed by atoms with Gasteiger partial charge in [0.15, 0.2) is 9.84 Å². The van der Waals surface area contributed by atoms with Crippen molar-refractivity contribution < 1.29 is 31.2 Å². The van der Waals surface area contributed by atoms with Crippen LogP contribution in [0.5, 0.6) is 0 Å². The smallest absolute Gasteiger partial charge is 0.254 e. The molecule has 1 saturated carbocycles. The topological polar surface area (TPSA) is 110 Å². The largest absolute Gasteiger partial charge is 0.349 e. The summed E-state index contributed by atoms with van der Waals surface area (Å²) in [5.74, 6) is -6.51. The van der Waals surface area contributed by atoms with Crippen LogP contribution in [0.25, 0.3) is 0 Å². The number of nitrogens with two attached hydrogens (primary N) is 1. The van der Waals surface area contributed by atoms with Crippen molar-refractivity contribution in [3.63, 3.8) is 0 Å². The second kappa shape index (κ2) is 9.37. The monoisotopic (exact) mass is 537 g/mol. The van der Waals surface area contributed by atoms with Crippen LogP contribution in [0, 0.1) is 5.82 Å². The minimum atomic E-state index is -4.17. The zero-order valence-electron chi connectivity index (χ0n) is 17.4. The Kier molecular flexibility index (Phi) is 7.24. The normalized spacial score (nSPS) is 21.0. The number of halogens is 5.